The van der Waals surface area contributed by atoms with Gasteiger partial charge in [0.05, 0.1) is 0 Å². The smallest absolute Gasteiger partial charge is 0.126 e. The normalized spacial score (nSPS) is 32.4. The molecule has 128 valence electrons. The third kappa shape index (κ3) is 3.56. The van der Waals surface area contributed by atoms with Crippen molar-refractivity contribution in [2.24, 2.45) is 5.92 Å². The number of para-hydroxylation sites is 1. The van der Waals surface area contributed by atoms with Gasteiger partial charge in [-0.1, -0.05) is 32.0 Å². The van der Waals surface area contributed by atoms with E-state index >= 15 is 0 Å². The average molecular weight is 316 g/mol. The molecular weight excluding hydrogens is 284 g/mol. The lowest BCUT2D eigenvalue weighted by Crippen LogP contribution is -2.49. The van der Waals surface area contributed by atoms with Crippen LogP contribution in [-0.2, 0) is 0 Å². The second kappa shape index (κ2) is 7.23. The lowest BCUT2D eigenvalue weighted by atomic mass is 9.85. The molecule has 0 amide bonds. The molecule has 3 rings (SSSR count). The van der Waals surface area contributed by atoms with E-state index in [0.717, 1.165) is 18.8 Å². The Balaban J connectivity index is 1.79. The first-order valence-corrected chi connectivity index (χ1v) is 9.41. The zero-order valence-corrected chi connectivity index (χ0v) is 14.8. The van der Waals surface area contributed by atoms with Crippen LogP contribution in [0.5, 0.6) is 0 Å². The summed E-state index contributed by atoms with van der Waals surface area (Å²) >= 11 is 0. The highest BCUT2D eigenvalue weighted by Gasteiger charge is 2.34. The second-order valence-corrected chi connectivity index (χ2v) is 7.62. The van der Waals surface area contributed by atoms with E-state index in [4.69, 9.17) is 0 Å². The summed E-state index contributed by atoms with van der Waals surface area (Å²) in [5, 5.41) is 14.4. The number of benzene rings is 1. The maximum absolute atomic E-state index is 10.4. The molecule has 2 N–H and O–H groups in total. The molecule has 0 saturated heterocycles. The number of hydrogen-bond donors (Lipinski definition) is 2. The summed E-state index contributed by atoms with van der Waals surface area (Å²) in [5.74, 6) is 0.890. The maximum atomic E-state index is 10.4. The van der Waals surface area contributed by atoms with Crippen molar-refractivity contribution in [3.8, 4) is 0 Å². The van der Waals surface area contributed by atoms with Crippen LogP contribution in [0.3, 0.4) is 0 Å². The van der Waals surface area contributed by atoms with Gasteiger partial charge in [-0.05, 0) is 63.0 Å². The molecule has 1 aliphatic heterocycles. The van der Waals surface area contributed by atoms with Crippen LogP contribution in [-0.4, -0.2) is 23.4 Å². The fourth-order valence-electron chi connectivity index (χ4n) is 4.36. The van der Waals surface area contributed by atoms with Gasteiger partial charge >= 0.3 is 0 Å². The molecule has 0 spiro atoms. The minimum Gasteiger partial charge on any atom is -0.374 e. The van der Waals surface area contributed by atoms with Crippen molar-refractivity contribution in [2.75, 3.05) is 4.90 Å². The van der Waals surface area contributed by atoms with Gasteiger partial charge in [0.2, 0.25) is 0 Å². The fraction of sp³-hybridized carbons (Fsp3) is 0.700. The summed E-state index contributed by atoms with van der Waals surface area (Å²) in [6.45, 7) is 6.66. The molecule has 1 aromatic rings. The first-order valence-electron chi connectivity index (χ1n) is 9.41. The summed E-state index contributed by atoms with van der Waals surface area (Å²) < 4.78 is 0. The van der Waals surface area contributed by atoms with E-state index < -0.39 is 0 Å². The molecule has 2 aliphatic rings. The van der Waals surface area contributed by atoms with Gasteiger partial charge in [-0.3, -0.25) is 0 Å². The van der Waals surface area contributed by atoms with E-state index in [9.17, 15) is 5.11 Å². The van der Waals surface area contributed by atoms with Crippen molar-refractivity contribution in [1.29, 1.82) is 0 Å². The number of nitrogens with zero attached hydrogens (tertiary/aromatic N) is 1. The lowest BCUT2D eigenvalue weighted by Gasteiger charge is -2.44. The maximum Gasteiger partial charge on any atom is 0.126 e. The Morgan fingerprint density at radius 3 is 2.57 bits per heavy atom. The third-order valence-corrected chi connectivity index (χ3v) is 5.78. The SMILES string of the molecule is CCC(O)N1c2ccccc2[C@H](NC2CCC(C)CC2)C[C@@H]1C. The summed E-state index contributed by atoms with van der Waals surface area (Å²) in [7, 11) is 0. The Kier molecular flexibility index (Phi) is 5.27. The molecule has 0 radical (unpaired) electrons. The molecule has 1 unspecified atom stereocenters. The molecular formula is C20H32N2O. The summed E-state index contributed by atoms with van der Waals surface area (Å²) in [6, 6.07) is 10.1. The number of rotatable bonds is 4. The Morgan fingerprint density at radius 1 is 1.17 bits per heavy atom. The Bertz CT molecular complexity index is 510. The zero-order chi connectivity index (χ0) is 16.4. The van der Waals surface area contributed by atoms with Crippen molar-refractivity contribution in [2.45, 2.75) is 83.6 Å². The lowest BCUT2D eigenvalue weighted by molar-refractivity contribution is 0.146. The summed E-state index contributed by atoms with van der Waals surface area (Å²) in [4.78, 5) is 2.20. The van der Waals surface area contributed by atoms with Gasteiger partial charge in [-0.2, -0.15) is 0 Å². The molecule has 1 aliphatic carbocycles. The predicted molar refractivity (Wildman–Crippen MR) is 96.6 cm³/mol. The van der Waals surface area contributed by atoms with Crippen molar-refractivity contribution < 1.29 is 5.11 Å². The highest BCUT2D eigenvalue weighted by Crippen LogP contribution is 2.39. The summed E-state index contributed by atoms with van der Waals surface area (Å²) in [6.07, 6.45) is 6.75. The van der Waals surface area contributed by atoms with Crippen LogP contribution < -0.4 is 10.2 Å². The molecule has 1 aromatic carbocycles. The number of fused-ring (bicyclic) bond motifs is 1. The Hall–Kier alpha value is -1.06. The molecule has 3 atom stereocenters. The average Bonchev–Trinajstić information content (AvgIpc) is 2.56. The first kappa shape index (κ1) is 16.8. The highest BCUT2D eigenvalue weighted by atomic mass is 16.3. The molecule has 23 heavy (non-hydrogen) atoms. The van der Waals surface area contributed by atoms with Crippen molar-refractivity contribution in [3.63, 3.8) is 0 Å². The topological polar surface area (TPSA) is 35.5 Å². The quantitative estimate of drug-likeness (QED) is 0.873. The molecule has 3 nitrogen and oxygen atoms in total. The van der Waals surface area contributed by atoms with Crippen LogP contribution in [0.25, 0.3) is 0 Å². The van der Waals surface area contributed by atoms with Gasteiger partial charge in [-0.15, -0.1) is 0 Å². The van der Waals surface area contributed by atoms with Crippen molar-refractivity contribution >= 4 is 5.69 Å². The standard InChI is InChI=1S/C20H32N2O/c1-4-20(23)22-15(3)13-18(17-7-5-6-8-19(17)22)21-16-11-9-14(2)10-12-16/h5-8,14-16,18,20-21,23H,4,9-13H2,1-3H3/t14?,15-,16?,18+,20?/m0/s1. The van der Waals surface area contributed by atoms with Crippen LogP contribution in [0.4, 0.5) is 5.69 Å². The number of hydrogen-bond acceptors (Lipinski definition) is 3. The van der Waals surface area contributed by atoms with E-state index in [-0.39, 0.29) is 6.23 Å². The van der Waals surface area contributed by atoms with E-state index in [1.54, 1.807) is 0 Å². The largest absolute Gasteiger partial charge is 0.374 e. The summed E-state index contributed by atoms with van der Waals surface area (Å²) in [5.41, 5.74) is 2.57. The minimum absolute atomic E-state index is 0.361. The van der Waals surface area contributed by atoms with Gasteiger partial charge in [0.15, 0.2) is 0 Å². The van der Waals surface area contributed by atoms with Gasteiger partial charge < -0.3 is 15.3 Å². The predicted octanol–water partition coefficient (Wildman–Crippen LogP) is 4.22. The van der Waals surface area contributed by atoms with E-state index in [2.05, 4.69) is 48.3 Å². The third-order valence-electron chi connectivity index (χ3n) is 5.78. The molecule has 1 heterocycles. The van der Waals surface area contributed by atoms with E-state index in [1.807, 2.05) is 6.92 Å². The number of nitrogens with one attached hydrogen (secondary N) is 1. The molecule has 0 aromatic heterocycles. The van der Waals surface area contributed by atoms with Gasteiger partial charge in [0.25, 0.3) is 0 Å². The van der Waals surface area contributed by atoms with Crippen LogP contribution in [0.1, 0.15) is 70.9 Å². The fourth-order valence-corrected chi connectivity index (χ4v) is 4.36. The molecule has 3 heteroatoms. The van der Waals surface area contributed by atoms with E-state index in [0.29, 0.717) is 18.1 Å². The first-order chi connectivity index (χ1) is 11.1. The van der Waals surface area contributed by atoms with Crippen LogP contribution in [0.2, 0.25) is 0 Å². The van der Waals surface area contributed by atoms with Crippen molar-refractivity contribution in [3.05, 3.63) is 29.8 Å². The number of aliphatic hydroxyl groups excluding tert-OH is 1. The Labute approximate surface area is 141 Å². The molecule has 0 bridgehead atoms. The zero-order valence-electron chi connectivity index (χ0n) is 14.8. The van der Waals surface area contributed by atoms with Gasteiger partial charge in [-0.25, -0.2) is 0 Å². The van der Waals surface area contributed by atoms with Crippen LogP contribution >= 0.6 is 0 Å². The molecule has 1 saturated carbocycles. The van der Waals surface area contributed by atoms with Crippen LogP contribution in [0, 0.1) is 5.92 Å². The number of aliphatic hydroxyl groups is 1. The monoisotopic (exact) mass is 316 g/mol. The van der Waals surface area contributed by atoms with E-state index in [1.165, 1.54) is 36.9 Å². The highest BCUT2D eigenvalue weighted by molar-refractivity contribution is 5.58. The van der Waals surface area contributed by atoms with Gasteiger partial charge in [0, 0.05) is 23.8 Å². The van der Waals surface area contributed by atoms with Crippen molar-refractivity contribution in [1.82, 2.24) is 5.32 Å². The second-order valence-electron chi connectivity index (χ2n) is 7.62. The van der Waals surface area contributed by atoms with Crippen LogP contribution in [0.15, 0.2) is 24.3 Å². The molecule has 1 fully saturated rings. The van der Waals surface area contributed by atoms with Gasteiger partial charge in [0.1, 0.15) is 6.23 Å². The minimum atomic E-state index is -0.386. The number of anilines is 1. The Morgan fingerprint density at radius 2 is 1.87 bits per heavy atom.